The lowest BCUT2D eigenvalue weighted by molar-refractivity contribution is 0.0698. The van der Waals surface area contributed by atoms with E-state index < -0.39 is 17.8 Å². The molecule has 0 saturated carbocycles. The Morgan fingerprint density at radius 3 is 2.65 bits per heavy atom. The number of amides is 2. The first kappa shape index (κ1) is 14.3. The van der Waals surface area contributed by atoms with Gasteiger partial charge in [0.1, 0.15) is 5.82 Å². The number of benzene rings is 1. The van der Waals surface area contributed by atoms with Crippen LogP contribution in [0.1, 0.15) is 23.2 Å². The Morgan fingerprint density at radius 2 is 2.00 bits per heavy atom. The second kappa shape index (κ2) is 6.33. The maximum Gasteiger partial charge on any atom is 0.337 e. The monoisotopic (exact) mass is 282 g/mol. The average molecular weight is 282 g/mol. The van der Waals surface area contributed by atoms with E-state index in [0.717, 1.165) is 18.2 Å². The molecule has 6 nitrogen and oxygen atoms in total. The summed E-state index contributed by atoms with van der Waals surface area (Å²) >= 11 is 0. The molecule has 1 saturated heterocycles. The highest BCUT2D eigenvalue weighted by molar-refractivity contribution is 6.00. The molecule has 2 amide bonds. The van der Waals surface area contributed by atoms with E-state index in [9.17, 15) is 14.0 Å². The fraction of sp³-hybridized carbons (Fsp3) is 0.385. The van der Waals surface area contributed by atoms with Gasteiger partial charge in [0.25, 0.3) is 0 Å². The summed E-state index contributed by atoms with van der Waals surface area (Å²) in [5.41, 5.74) is -0.226. The summed E-state index contributed by atoms with van der Waals surface area (Å²) in [6, 6.07) is 2.55. The first-order chi connectivity index (χ1) is 9.56. The van der Waals surface area contributed by atoms with E-state index in [1.165, 1.54) is 0 Å². The quantitative estimate of drug-likeness (QED) is 0.789. The van der Waals surface area contributed by atoms with E-state index in [-0.39, 0.29) is 17.3 Å². The molecule has 1 aliphatic rings. The highest BCUT2D eigenvalue weighted by atomic mass is 19.1. The van der Waals surface area contributed by atoms with Crippen LogP contribution in [0.15, 0.2) is 18.2 Å². The van der Waals surface area contributed by atoms with Gasteiger partial charge in [-0.1, -0.05) is 0 Å². The van der Waals surface area contributed by atoms with Crippen molar-refractivity contribution in [2.75, 3.05) is 18.5 Å². The number of ether oxygens (including phenoxy) is 1. The third kappa shape index (κ3) is 3.67. The summed E-state index contributed by atoms with van der Waals surface area (Å²) < 4.78 is 18.3. The Bertz CT molecular complexity index is 515. The van der Waals surface area contributed by atoms with E-state index in [0.29, 0.717) is 26.1 Å². The summed E-state index contributed by atoms with van der Waals surface area (Å²) in [6.45, 7) is 1.15. The van der Waals surface area contributed by atoms with Crippen LogP contribution in [0.25, 0.3) is 0 Å². The van der Waals surface area contributed by atoms with Gasteiger partial charge in [0.2, 0.25) is 0 Å². The molecule has 1 heterocycles. The maximum atomic E-state index is 13.1. The van der Waals surface area contributed by atoms with Gasteiger partial charge in [-0.25, -0.2) is 14.0 Å². The molecule has 0 aromatic heterocycles. The van der Waals surface area contributed by atoms with Crippen LogP contribution in [-0.2, 0) is 4.74 Å². The first-order valence-corrected chi connectivity index (χ1v) is 6.24. The van der Waals surface area contributed by atoms with Crippen molar-refractivity contribution in [3.05, 3.63) is 29.6 Å². The van der Waals surface area contributed by atoms with Crippen LogP contribution < -0.4 is 10.6 Å². The molecule has 20 heavy (non-hydrogen) atoms. The number of hydrogen-bond donors (Lipinski definition) is 3. The molecule has 0 spiro atoms. The lowest BCUT2D eigenvalue weighted by atomic mass is 10.1. The van der Waals surface area contributed by atoms with Crippen LogP contribution >= 0.6 is 0 Å². The molecule has 7 heteroatoms. The fourth-order valence-electron chi connectivity index (χ4n) is 1.99. The van der Waals surface area contributed by atoms with Gasteiger partial charge in [0.05, 0.1) is 11.3 Å². The Hall–Kier alpha value is -2.15. The van der Waals surface area contributed by atoms with E-state index in [2.05, 4.69) is 10.6 Å². The molecular weight excluding hydrogens is 267 g/mol. The predicted octanol–water partition coefficient (Wildman–Crippen LogP) is 1.82. The van der Waals surface area contributed by atoms with Gasteiger partial charge in [-0.2, -0.15) is 0 Å². The highest BCUT2D eigenvalue weighted by Gasteiger charge is 2.18. The second-order valence-corrected chi connectivity index (χ2v) is 4.48. The zero-order valence-electron chi connectivity index (χ0n) is 10.7. The van der Waals surface area contributed by atoms with Crippen LogP contribution in [0.4, 0.5) is 14.9 Å². The minimum atomic E-state index is -1.23. The number of carbonyl (C=O) groups excluding carboxylic acids is 1. The minimum absolute atomic E-state index is 0.0226. The average Bonchev–Trinajstić information content (AvgIpc) is 2.39. The van der Waals surface area contributed by atoms with Crippen molar-refractivity contribution in [2.24, 2.45) is 0 Å². The third-order valence-electron chi connectivity index (χ3n) is 3.02. The molecule has 1 aliphatic heterocycles. The standard InChI is InChI=1S/C13H15FN2O4/c14-8-1-2-10(12(17)18)11(7-8)16-13(19)15-9-3-5-20-6-4-9/h1-2,7,9H,3-6H2,(H,17,18)(H2,15,16,19). The summed E-state index contributed by atoms with van der Waals surface area (Å²) in [5.74, 6) is -1.84. The molecule has 3 N–H and O–H groups in total. The molecule has 0 bridgehead atoms. The Balaban J connectivity index is 2.03. The second-order valence-electron chi connectivity index (χ2n) is 4.48. The third-order valence-corrected chi connectivity index (χ3v) is 3.02. The van der Waals surface area contributed by atoms with Crippen molar-refractivity contribution in [1.29, 1.82) is 0 Å². The molecule has 1 aromatic carbocycles. The van der Waals surface area contributed by atoms with Gasteiger partial charge in [-0.3, -0.25) is 0 Å². The van der Waals surface area contributed by atoms with Crippen LogP contribution in [0.3, 0.4) is 0 Å². The Labute approximate surface area is 114 Å². The zero-order valence-corrected chi connectivity index (χ0v) is 10.7. The molecular formula is C13H15FN2O4. The number of rotatable bonds is 3. The van der Waals surface area contributed by atoms with Crippen LogP contribution in [0.2, 0.25) is 0 Å². The molecule has 1 aromatic rings. The highest BCUT2D eigenvalue weighted by Crippen LogP contribution is 2.17. The number of carboxylic acids is 1. The van der Waals surface area contributed by atoms with Crippen molar-refractivity contribution >= 4 is 17.7 Å². The molecule has 1 fully saturated rings. The van der Waals surface area contributed by atoms with Crippen molar-refractivity contribution in [1.82, 2.24) is 5.32 Å². The van der Waals surface area contributed by atoms with E-state index in [1.807, 2.05) is 0 Å². The number of aromatic carboxylic acids is 1. The van der Waals surface area contributed by atoms with Crippen molar-refractivity contribution in [3.63, 3.8) is 0 Å². The summed E-state index contributed by atoms with van der Waals surface area (Å²) in [7, 11) is 0. The number of urea groups is 1. The van der Waals surface area contributed by atoms with Gasteiger partial charge in [-0.15, -0.1) is 0 Å². The topological polar surface area (TPSA) is 87.7 Å². The number of halogens is 1. The molecule has 108 valence electrons. The number of anilines is 1. The molecule has 0 radical (unpaired) electrons. The lowest BCUT2D eigenvalue weighted by Gasteiger charge is -2.23. The van der Waals surface area contributed by atoms with Crippen molar-refractivity contribution < 1.29 is 23.8 Å². The summed E-state index contributed by atoms with van der Waals surface area (Å²) in [6.07, 6.45) is 1.39. The first-order valence-electron chi connectivity index (χ1n) is 6.24. The molecule has 2 rings (SSSR count). The van der Waals surface area contributed by atoms with Gasteiger partial charge < -0.3 is 20.5 Å². The van der Waals surface area contributed by atoms with E-state index >= 15 is 0 Å². The van der Waals surface area contributed by atoms with Crippen LogP contribution in [0, 0.1) is 5.82 Å². The summed E-state index contributed by atoms with van der Waals surface area (Å²) in [4.78, 5) is 22.8. The number of nitrogens with one attached hydrogen (secondary N) is 2. The molecule has 0 atom stereocenters. The normalized spacial score (nSPS) is 15.7. The number of carboxylic acid groups (broad SMARTS) is 1. The number of hydrogen-bond acceptors (Lipinski definition) is 3. The number of carbonyl (C=O) groups is 2. The molecule has 0 aliphatic carbocycles. The predicted molar refractivity (Wildman–Crippen MR) is 69.4 cm³/mol. The molecule has 0 unspecified atom stereocenters. The Morgan fingerprint density at radius 1 is 1.30 bits per heavy atom. The smallest absolute Gasteiger partial charge is 0.337 e. The summed E-state index contributed by atoms with van der Waals surface area (Å²) in [5, 5.41) is 14.1. The van der Waals surface area contributed by atoms with Gasteiger partial charge in [0, 0.05) is 19.3 Å². The van der Waals surface area contributed by atoms with Gasteiger partial charge >= 0.3 is 12.0 Å². The largest absolute Gasteiger partial charge is 0.478 e. The van der Waals surface area contributed by atoms with Crippen LogP contribution in [-0.4, -0.2) is 36.4 Å². The minimum Gasteiger partial charge on any atom is -0.478 e. The Kier molecular flexibility index (Phi) is 4.52. The van der Waals surface area contributed by atoms with Gasteiger partial charge in [0.15, 0.2) is 0 Å². The maximum absolute atomic E-state index is 13.1. The fourth-order valence-corrected chi connectivity index (χ4v) is 1.99. The lowest BCUT2D eigenvalue weighted by Crippen LogP contribution is -2.41. The van der Waals surface area contributed by atoms with Crippen molar-refractivity contribution in [2.45, 2.75) is 18.9 Å². The van der Waals surface area contributed by atoms with Crippen molar-refractivity contribution in [3.8, 4) is 0 Å². The van der Waals surface area contributed by atoms with E-state index in [1.54, 1.807) is 0 Å². The SMILES string of the molecule is O=C(Nc1cc(F)ccc1C(=O)O)NC1CCOCC1. The zero-order chi connectivity index (χ0) is 14.5. The van der Waals surface area contributed by atoms with E-state index in [4.69, 9.17) is 9.84 Å². The van der Waals surface area contributed by atoms with Crippen LogP contribution in [0.5, 0.6) is 0 Å². The van der Waals surface area contributed by atoms with Gasteiger partial charge in [-0.05, 0) is 31.0 Å².